The molecule has 0 amide bonds. The van der Waals surface area contributed by atoms with E-state index in [4.69, 9.17) is 0 Å². The van der Waals surface area contributed by atoms with Crippen molar-refractivity contribution < 1.29 is 0 Å². The van der Waals surface area contributed by atoms with Crippen molar-refractivity contribution >= 4 is 11.9 Å². The minimum Gasteiger partial charge on any atom is -0.354 e. The average Bonchev–Trinajstić information content (AvgIpc) is 3.10. The first-order valence-electron chi connectivity index (χ1n) is 7.27. The lowest BCUT2D eigenvalue weighted by atomic mass is 10.0. The van der Waals surface area contributed by atoms with Crippen molar-refractivity contribution in [2.24, 2.45) is 11.8 Å². The predicted molar refractivity (Wildman–Crippen MR) is 79.4 cm³/mol. The van der Waals surface area contributed by atoms with Crippen LogP contribution in [0.1, 0.15) is 20.8 Å². The van der Waals surface area contributed by atoms with E-state index >= 15 is 0 Å². The van der Waals surface area contributed by atoms with E-state index in [-0.39, 0.29) is 0 Å². The third kappa shape index (κ3) is 2.79. The first-order chi connectivity index (χ1) is 10.2. The van der Waals surface area contributed by atoms with Crippen LogP contribution in [-0.4, -0.2) is 49.4 Å². The Morgan fingerprint density at radius 1 is 1.14 bits per heavy atom. The van der Waals surface area contributed by atoms with E-state index in [0.717, 1.165) is 19.6 Å². The number of aromatic nitrogens is 6. The van der Waals surface area contributed by atoms with Crippen molar-refractivity contribution in [3.8, 4) is 5.95 Å². The van der Waals surface area contributed by atoms with Crippen LogP contribution in [-0.2, 0) is 0 Å². The Balaban J connectivity index is 1.96. The molecule has 0 radical (unpaired) electrons. The number of hydrogen-bond donors (Lipinski definition) is 1. The Morgan fingerprint density at radius 3 is 2.48 bits per heavy atom. The quantitative estimate of drug-likeness (QED) is 0.897. The number of nitrogens with zero attached hydrogens (tertiary/aromatic N) is 7. The van der Waals surface area contributed by atoms with Gasteiger partial charge in [0.25, 0.3) is 5.95 Å². The molecule has 112 valence electrons. The van der Waals surface area contributed by atoms with E-state index in [0.29, 0.717) is 29.7 Å². The summed E-state index contributed by atoms with van der Waals surface area (Å²) < 4.78 is 1.55. The fourth-order valence-electron chi connectivity index (χ4n) is 2.44. The van der Waals surface area contributed by atoms with Gasteiger partial charge in [0.15, 0.2) is 0 Å². The van der Waals surface area contributed by atoms with Gasteiger partial charge in [0.05, 0.1) is 0 Å². The van der Waals surface area contributed by atoms with E-state index in [9.17, 15) is 0 Å². The van der Waals surface area contributed by atoms with Gasteiger partial charge in [-0.2, -0.15) is 24.7 Å². The van der Waals surface area contributed by atoms with Crippen LogP contribution in [0.4, 0.5) is 11.9 Å². The molecule has 3 heterocycles. The van der Waals surface area contributed by atoms with Gasteiger partial charge in [-0.3, -0.25) is 0 Å². The Labute approximate surface area is 123 Å². The minimum atomic E-state index is 0.487. The second-order valence-corrected chi connectivity index (χ2v) is 5.49. The van der Waals surface area contributed by atoms with Crippen LogP contribution in [0, 0.1) is 11.8 Å². The molecule has 1 aliphatic rings. The van der Waals surface area contributed by atoms with Gasteiger partial charge in [0.1, 0.15) is 12.7 Å². The maximum atomic E-state index is 4.53. The van der Waals surface area contributed by atoms with Crippen molar-refractivity contribution in [1.29, 1.82) is 0 Å². The minimum absolute atomic E-state index is 0.487. The fraction of sp³-hybridized carbons (Fsp3) is 0.615. The number of hydrogen-bond acceptors (Lipinski definition) is 7. The molecular weight excluding hydrogens is 268 g/mol. The van der Waals surface area contributed by atoms with E-state index in [1.54, 1.807) is 11.0 Å². The number of nitrogens with one attached hydrogen (secondary N) is 1. The smallest absolute Gasteiger partial charge is 0.258 e. The molecule has 0 saturated carbocycles. The zero-order chi connectivity index (χ0) is 14.8. The van der Waals surface area contributed by atoms with Gasteiger partial charge in [0, 0.05) is 19.6 Å². The van der Waals surface area contributed by atoms with Crippen molar-refractivity contribution in [2.75, 3.05) is 29.9 Å². The Kier molecular flexibility index (Phi) is 3.68. The van der Waals surface area contributed by atoms with Crippen LogP contribution in [0.2, 0.25) is 0 Å². The third-order valence-electron chi connectivity index (χ3n) is 3.84. The molecule has 1 N–H and O–H groups in total. The maximum absolute atomic E-state index is 4.53. The van der Waals surface area contributed by atoms with Gasteiger partial charge in [-0.1, -0.05) is 13.8 Å². The van der Waals surface area contributed by atoms with Gasteiger partial charge in [0.2, 0.25) is 11.9 Å². The SMILES string of the molecule is CCNc1nc(N2CC(C)C(C)C2)nc(-n2cncn2)n1. The van der Waals surface area contributed by atoms with Gasteiger partial charge < -0.3 is 10.2 Å². The molecule has 2 unspecified atom stereocenters. The Bertz CT molecular complexity index is 586. The molecule has 8 heteroatoms. The molecule has 0 aromatic carbocycles. The molecular formula is C13H20N8. The summed E-state index contributed by atoms with van der Waals surface area (Å²) in [5.74, 6) is 3.03. The summed E-state index contributed by atoms with van der Waals surface area (Å²) in [6.45, 7) is 9.22. The second kappa shape index (κ2) is 5.63. The van der Waals surface area contributed by atoms with Crippen LogP contribution in [0.25, 0.3) is 5.95 Å². The van der Waals surface area contributed by atoms with Crippen LogP contribution in [0.5, 0.6) is 0 Å². The largest absolute Gasteiger partial charge is 0.354 e. The molecule has 0 spiro atoms. The monoisotopic (exact) mass is 288 g/mol. The molecule has 0 bridgehead atoms. The van der Waals surface area contributed by atoms with E-state index in [1.807, 2.05) is 6.92 Å². The predicted octanol–water partition coefficient (Wildman–Crippen LogP) is 0.976. The van der Waals surface area contributed by atoms with Gasteiger partial charge in [-0.25, -0.2) is 4.98 Å². The lowest BCUT2D eigenvalue weighted by Crippen LogP contribution is -2.24. The number of rotatable bonds is 4. The van der Waals surface area contributed by atoms with Crippen molar-refractivity contribution in [3.05, 3.63) is 12.7 Å². The summed E-state index contributed by atoms with van der Waals surface area (Å²) in [6, 6.07) is 0. The molecule has 2 aromatic rings. The van der Waals surface area contributed by atoms with Crippen molar-refractivity contribution in [3.63, 3.8) is 0 Å². The van der Waals surface area contributed by atoms with E-state index < -0.39 is 0 Å². The fourth-order valence-corrected chi connectivity index (χ4v) is 2.44. The summed E-state index contributed by atoms with van der Waals surface area (Å²) in [5, 5.41) is 7.24. The standard InChI is InChI=1S/C13H20N8/c1-4-15-11-17-12(20-5-9(2)10(3)6-20)19-13(18-11)21-8-14-7-16-21/h7-10H,4-6H2,1-3H3,(H,15,17,18,19). The topological polar surface area (TPSA) is 84.7 Å². The highest BCUT2D eigenvalue weighted by molar-refractivity contribution is 5.41. The Morgan fingerprint density at radius 2 is 1.86 bits per heavy atom. The molecule has 2 aromatic heterocycles. The van der Waals surface area contributed by atoms with Crippen molar-refractivity contribution in [1.82, 2.24) is 29.7 Å². The zero-order valence-electron chi connectivity index (χ0n) is 12.6. The summed E-state index contributed by atoms with van der Waals surface area (Å²) >= 11 is 0. The highest BCUT2D eigenvalue weighted by atomic mass is 15.4. The average molecular weight is 288 g/mol. The lowest BCUT2D eigenvalue weighted by Gasteiger charge is -2.17. The maximum Gasteiger partial charge on any atom is 0.258 e. The van der Waals surface area contributed by atoms with E-state index in [1.165, 1.54) is 6.33 Å². The zero-order valence-corrected chi connectivity index (χ0v) is 12.6. The second-order valence-electron chi connectivity index (χ2n) is 5.49. The van der Waals surface area contributed by atoms with Gasteiger partial charge in [-0.15, -0.1) is 0 Å². The van der Waals surface area contributed by atoms with Gasteiger partial charge in [-0.05, 0) is 18.8 Å². The molecule has 1 saturated heterocycles. The van der Waals surface area contributed by atoms with Crippen LogP contribution >= 0.6 is 0 Å². The van der Waals surface area contributed by atoms with Crippen LogP contribution in [0.15, 0.2) is 12.7 Å². The molecule has 2 atom stereocenters. The first-order valence-corrected chi connectivity index (χ1v) is 7.27. The van der Waals surface area contributed by atoms with E-state index in [2.05, 4.69) is 49.1 Å². The Hall–Kier alpha value is -2.25. The molecule has 3 rings (SSSR count). The molecule has 1 aliphatic heterocycles. The molecule has 0 aliphatic carbocycles. The number of anilines is 2. The third-order valence-corrected chi connectivity index (χ3v) is 3.84. The van der Waals surface area contributed by atoms with Crippen molar-refractivity contribution in [2.45, 2.75) is 20.8 Å². The summed E-state index contributed by atoms with van der Waals surface area (Å²) in [6.07, 6.45) is 3.06. The lowest BCUT2D eigenvalue weighted by molar-refractivity contribution is 0.494. The summed E-state index contributed by atoms with van der Waals surface area (Å²) in [5.41, 5.74) is 0. The highest BCUT2D eigenvalue weighted by Crippen LogP contribution is 2.26. The van der Waals surface area contributed by atoms with Gasteiger partial charge >= 0.3 is 0 Å². The van der Waals surface area contributed by atoms with Crippen LogP contribution in [0.3, 0.4) is 0 Å². The molecule has 8 nitrogen and oxygen atoms in total. The normalized spacial score (nSPS) is 21.8. The highest BCUT2D eigenvalue weighted by Gasteiger charge is 2.28. The van der Waals surface area contributed by atoms with Crippen LogP contribution < -0.4 is 10.2 Å². The first kappa shape index (κ1) is 13.7. The molecule has 1 fully saturated rings. The summed E-state index contributed by atoms with van der Waals surface area (Å²) in [4.78, 5) is 19.6. The summed E-state index contributed by atoms with van der Waals surface area (Å²) in [7, 11) is 0. The molecule has 21 heavy (non-hydrogen) atoms.